The lowest BCUT2D eigenvalue weighted by atomic mass is 9.76. The molecule has 0 N–H and O–H groups in total. The summed E-state index contributed by atoms with van der Waals surface area (Å²) in [6.45, 7) is 4.40. The van der Waals surface area contributed by atoms with Crippen LogP contribution in [0.2, 0.25) is 0 Å². The summed E-state index contributed by atoms with van der Waals surface area (Å²) in [7, 11) is 0. The van der Waals surface area contributed by atoms with Gasteiger partial charge in [-0.05, 0) is 37.2 Å². The number of nitrogens with zero attached hydrogens (tertiary/aromatic N) is 1. The van der Waals surface area contributed by atoms with E-state index in [1.165, 1.54) is 12.1 Å². The van der Waals surface area contributed by atoms with E-state index in [0.717, 1.165) is 24.8 Å². The van der Waals surface area contributed by atoms with Crippen LogP contribution in [0.1, 0.15) is 61.6 Å². The molecular weight excluding hydrogens is 222 g/mol. The second kappa shape index (κ2) is 4.11. The molecule has 0 aromatic carbocycles. The first-order valence-corrected chi connectivity index (χ1v) is 6.95. The normalized spacial score (nSPS) is 26.1. The maximum atomic E-state index is 12.2. The Morgan fingerprint density at radius 2 is 2.11 bits per heavy atom. The van der Waals surface area contributed by atoms with Crippen LogP contribution in [0.4, 0.5) is 0 Å². The summed E-state index contributed by atoms with van der Waals surface area (Å²) in [5, 5.41) is 0. The van der Waals surface area contributed by atoms with Crippen LogP contribution in [0.5, 0.6) is 0 Å². The monoisotopic (exact) mass is 243 g/mol. The molecule has 2 heteroatoms. The minimum Gasteiger partial charge on any atom is -0.347 e. The highest BCUT2D eigenvalue weighted by molar-refractivity contribution is 5.98. The Bertz CT molecular complexity index is 507. The molecule has 1 atom stereocenters. The molecule has 0 saturated heterocycles. The van der Waals surface area contributed by atoms with Crippen molar-refractivity contribution in [2.24, 2.45) is 5.41 Å². The third-order valence-electron chi connectivity index (χ3n) is 4.24. The Balaban J connectivity index is 1.99. The molecule has 2 aliphatic carbocycles. The molecule has 0 fully saturated rings. The van der Waals surface area contributed by atoms with Crippen molar-refractivity contribution in [2.45, 2.75) is 52.0 Å². The average Bonchev–Trinajstić information content (AvgIpc) is 2.72. The summed E-state index contributed by atoms with van der Waals surface area (Å²) in [5.74, 6) is 0.325. The number of carbonyl (C=O) groups excluding carboxylic acids is 1. The summed E-state index contributed by atoms with van der Waals surface area (Å²) < 4.78 is 2.37. The van der Waals surface area contributed by atoms with E-state index in [4.69, 9.17) is 0 Å². The first-order valence-electron chi connectivity index (χ1n) is 6.95. The third-order valence-corrected chi connectivity index (χ3v) is 4.24. The largest absolute Gasteiger partial charge is 0.347 e. The number of carbonyl (C=O) groups is 1. The fraction of sp³-hybridized carbons (Fsp3) is 0.562. The molecule has 1 unspecified atom stereocenters. The predicted octanol–water partition coefficient (Wildman–Crippen LogP) is 3.92. The van der Waals surface area contributed by atoms with Crippen LogP contribution in [0, 0.1) is 5.41 Å². The highest BCUT2D eigenvalue weighted by Crippen LogP contribution is 2.37. The number of fused-ring (bicyclic) bond motifs is 1. The van der Waals surface area contributed by atoms with Crippen LogP contribution in [0.15, 0.2) is 24.4 Å². The zero-order valence-electron chi connectivity index (χ0n) is 11.3. The molecule has 0 radical (unpaired) electrons. The van der Waals surface area contributed by atoms with Gasteiger partial charge < -0.3 is 4.57 Å². The molecule has 0 saturated carbocycles. The standard InChI is InChI=1S/C16H21NO/c1-16(2)10-14-13(15(18)11-16)8-9-17(14)12-6-4-3-5-7-12/h3-4,8-9,12H,5-7,10-11H2,1-2H3. The zero-order valence-corrected chi connectivity index (χ0v) is 11.3. The Kier molecular flexibility index (Phi) is 2.69. The van der Waals surface area contributed by atoms with Crippen molar-refractivity contribution in [3.63, 3.8) is 0 Å². The summed E-state index contributed by atoms with van der Waals surface area (Å²) in [6.07, 6.45) is 11.9. The summed E-state index contributed by atoms with van der Waals surface area (Å²) in [4.78, 5) is 12.2. The number of aromatic nitrogens is 1. The van der Waals surface area contributed by atoms with Crippen molar-refractivity contribution >= 4 is 5.78 Å². The van der Waals surface area contributed by atoms with E-state index in [-0.39, 0.29) is 5.41 Å². The maximum absolute atomic E-state index is 12.2. The van der Waals surface area contributed by atoms with Gasteiger partial charge in [0.1, 0.15) is 0 Å². The molecule has 1 heterocycles. The highest BCUT2D eigenvalue weighted by atomic mass is 16.1. The molecule has 1 aromatic heterocycles. The van der Waals surface area contributed by atoms with Crippen molar-refractivity contribution in [2.75, 3.05) is 0 Å². The molecule has 18 heavy (non-hydrogen) atoms. The van der Waals surface area contributed by atoms with Gasteiger partial charge in [0.25, 0.3) is 0 Å². The van der Waals surface area contributed by atoms with Crippen LogP contribution in [-0.4, -0.2) is 10.4 Å². The van der Waals surface area contributed by atoms with Crippen LogP contribution in [0.3, 0.4) is 0 Å². The van der Waals surface area contributed by atoms with E-state index in [1.807, 2.05) is 6.07 Å². The fourth-order valence-electron chi connectivity index (χ4n) is 3.34. The molecule has 2 nitrogen and oxygen atoms in total. The van der Waals surface area contributed by atoms with Crippen molar-refractivity contribution in [1.82, 2.24) is 4.57 Å². The van der Waals surface area contributed by atoms with E-state index < -0.39 is 0 Å². The highest BCUT2D eigenvalue weighted by Gasteiger charge is 2.33. The van der Waals surface area contributed by atoms with Gasteiger partial charge in [0.05, 0.1) is 0 Å². The lowest BCUT2D eigenvalue weighted by Gasteiger charge is -2.32. The molecule has 0 spiro atoms. The molecule has 0 amide bonds. The second-order valence-corrected chi connectivity index (χ2v) is 6.46. The Hall–Kier alpha value is -1.31. The first kappa shape index (κ1) is 11.8. The van der Waals surface area contributed by atoms with Gasteiger partial charge in [-0.1, -0.05) is 26.0 Å². The van der Waals surface area contributed by atoms with Gasteiger partial charge in [-0.3, -0.25) is 4.79 Å². The molecular formula is C16H21NO. The lowest BCUT2D eigenvalue weighted by molar-refractivity contribution is 0.0909. The topological polar surface area (TPSA) is 22.0 Å². The molecule has 3 rings (SSSR count). The van der Waals surface area contributed by atoms with Gasteiger partial charge in [0, 0.05) is 29.9 Å². The number of allylic oxidation sites excluding steroid dienone is 2. The quantitative estimate of drug-likeness (QED) is 0.685. The molecule has 1 aromatic rings. The molecule has 96 valence electrons. The average molecular weight is 243 g/mol. The van der Waals surface area contributed by atoms with Gasteiger partial charge in [-0.15, -0.1) is 0 Å². The fourth-order valence-corrected chi connectivity index (χ4v) is 3.34. The molecule has 0 bridgehead atoms. The van der Waals surface area contributed by atoms with Crippen LogP contribution in [0.25, 0.3) is 0 Å². The zero-order chi connectivity index (χ0) is 12.8. The smallest absolute Gasteiger partial charge is 0.165 e. The van der Waals surface area contributed by atoms with Gasteiger partial charge >= 0.3 is 0 Å². The maximum Gasteiger partial charge on any atom is 0.165 e. The van der Waals surface area contributed by atoms with E-state index in [1.54, 1.807) is 0 Å². The van der Waals surface area contributed by atoms with Gasteiger partial charge in [0.15, 0.2) is 5.78 Å². The number of rotatable bonds is 1. The SMILES string of the molecule is CC1(C)CC(=O)c2ccn(C3CC=CCC3)c2C1. The van der Waals surface area contributed by atoms with Gasteiger partial charge in [0.2, 0.25) is 0 Å². The number of hydrogen-bond acceptors (Lipinski definition) is 1. The minimum atomic E-state index is 0.116. The number of ketones is 1. The summed E-state index contributed by atoms with van der Waals surface area (Å²) in [5.41, 5.74) is 2.37. The van der Waals surface area contributed by atoms with E-state index >= 15 is 0 Å². The van der Waals surface area contributed by atoms with Crippen molar-refractivity contribution < 1.29 is 4.79 Å². The number of Topliss-reactive ketones (excluding diaryl/α,β-unsaturated/α-hetero) is 1. The van der Waals surface area contributed by atoms with Gasteiger partial charge in [-0.25, -0.2) is 0 Å². The van der Waals surface area contributed by atoms with E-state index in [0.29, 0.717) is 18.2 Å². The first-order chi connectivity index (χ1) is 8.57. The lowest BCUT2D eigenvalue weighted by Crippen LogP contribution is -2.29. The van der Waals surface area contributed by atoms with E-state index in [9.17, 15) is 4.79 Å². The number of hydrogen-bond donors (Lipinski definition) is 0. The van der Waals surface area contributed by atoms with Crippen LogP contribution >= 0.6 is 0 Å². The minimum absolute atomic E-state index is 0.116. The van der Waals surface area contributed by atoms with Crippen molar-refractivity contribution in [3.8, 4) is 0 Å². The predicted molar refractivity (Wildman–Crippen MR) is 72.9 cm³/mol. The Morgan fingerprint density at radius 3 is 2.83 bits per heavy atom. The molecule has 2 aliphatic rings. The summed E-state index contributed by atoms with van der Waals surface area (Å²) in [6, 6.07) is 2.59. The van der Waals surface area contributed by atoms with E-state index in [2.05, 4.69) is 36.8 Å². The van der Waals surface area contributed by atoms with Crippen molar-refractivity contribution in [1.29, 1.82) is 0 Å². The second-order valence-electron chi connectivity index (χ2n) is 6.46. The molecule has 0 aliphatic heterocycles. The Labute approximate surface area is 109 Å². The van der Waals surface area contributed by atoms with Gasteiger partial charge in [-0.2, -0.15) is 0 Å². The summed E-state index contributed by atoms with van der Waals surface area (Å²) >= 11 is 0. The Morgan fingerprint density at radius 1 is 1.28 bits per heavy atom. The van der Waals surface area contributed by atoms with Crippen molar-refractivity contribution in [3.05, 3.63) is 35.7 Å². The van der Waals surface area contributed by atoms with Crippen LogP contribution < -0.4 is 0 Å². The third kappa shape index (κ3) is 1.94. The van der Waals surface area contributed by atoms with Crippen LogP contribution in [-0.2, 0) is 6.42 Å².